The summed E-state index contributed by atoms with van der Waals surface area (Å²) in [7, 11) is 0. The smallest absolute Gasteiger partial charge is 0.224 e. The first-order chi connectivity index (χ1) is 11.2. The molecule has 1 N–H and O–H groups in total. The lowest BCUT2D eigenvalue weighted by Crippen LogP contribution is -2.48. The lowest BCUT2D eigenvalue weighted by atomic mass is 10.0. The number of benzene rings is 1. The molecule has 1 aromatic carbocycles. The maximum absolute atomic E-state index is 13.2. The quantitative estimate of drug-likeness (QED) is 0.943. The number of nitrogens with one attached hydrogen (secondary N) is 1. The molecule has 3 rings (SSSR count). The van der Waals surface area contributed by atoms with Crippen molar-refractivity contribution in [3.8, 4) is 0 Å². The van der Waals surface area contributed by atoms with Crippen LogP contribution >= 0.6 is 0 Å². The topological polar surface area (TPSA) is 45.2 Å². The first-order valence-electron chi connectivity index (χ1n) is 7.90. The van der Waals surface area contributed by atoms with Crippen LogP contribution in [0.3, 0.4) is 0 Å². The summed E-state index contributed by atoms with van der Waals surface area (Å²) in [5, 5.41) is 3.06. The van der Waals surface area contributed by atoms with Crippen LogP contribution in [0, 0.1) is 5.82 Å². The lowest BCUT2D eigenvalue weighted by Gasteiger charge is -2.34. The molecule has 1 amide bonds. The summed E-state index contributed by atoms with van der Waals surface area (Å²) in [6.07, 6.45) is 3.96. The van der Waals surface area contributed by atoms with Gasteiger partial charge in [-0.1, -0.05) is 18.2 Å². The van der Waals surface area contributed by atoms with Gasteiger partial charge < -0.3 is 10.2 Å². The number of rotatable bonds is 4. The van der Waals surface area contributed by atoms with Gasteiger partial charge in [0.1, 0.15) is 11.6 Å². The minimum atomic E-state index is -0.311. The Morgan fingerprint density at radius 2 is 2.22 bits per heavy atom. The van der Waals surface area contributed by atoms with E-state index in [0.29, 0.717) is 5.56 Å². The van der Waals surface area contributed by atoms with Crippen LogP contribution < -0.4 is 10.2 Å². The molecule has 120 valence electrons. The predicted octanol–water partition coefficient (Wildman–Crippen LogP) is 2.55. The maximum Gasteiger partial charge on any atom is 0.224 e. The fourth-order valence-corrected chi connectivity index (χ4v) is 2.95. The van der Waals surface area contributed by atoms with Crippen molar-refractivity contribution in [2.75, 3.05) is 18.0 Å². The van der Waals surface area contributed by atoms with Crippen LogP contribution in [-0.4, -0.2) is 30.0 Å². The Kier molecular flexibility index (Phi) is 4.86. The fraction of sp³-hybridized carbons (Fsp3) is 0.333. The molecule has 2 heterocycles. The highest BCUT2D eigenvalue weighted by Gasteiger charge is 2.22. The minimum Gasteiger partial charge on any atom is -0.355 e. The Bertz CT molecular complexity index is 662. The molecule has 4 nitrogen and oxygen atoms in total. The van der Waals surface area contributed by atoms with Crippen LogP contribution in [0.1, 0.15) is 18.4 Å². The van der Waals surface area contributed by atoms with Crippen LogP contribution in [0.5, 0.6) is 0 Å². The van der Waals surface area contributed by atoms with Crippen LogP contribution in [0.4, 0.5) is 10.2 Å². The number of hydrogen-bond acceptors (Lipinski definition) is 3. The Hall–Kier alpha value is -2.43. The van der Waals surface area contributed by atoms with Gasteiger partial charge in [0.25, 0.3) is 0 Å². The SMILES string of the molecule is O=C(Cc1cccc(F)c1)NC1CCCN(c2ccccn2)C1. The Balaban J connectivity index is 1.56. The molecule has 1 aliphatic rings. The standard InChI is InChI=1S/C18H20FN3O/c19-15-6-3-5-14(11-15)12-18(23)21-16-7-4-10-22(13-16)17-8-1-2-9-20-17/h1-3,5-6,8-9,11,16H,4,7,10,12-13H2,(H,21,23). The number of carbonyl (C=O) groups excluding carboxylic acids is 1. The Labute approximate surface area is 135 Å². The summed E-state index contributed by atoms with van der Waals surface area (Å²) in [6.45, 7) is 1.71. The largest absolute Gasteiger partial charge is 0.355 e. The number of aromatic nitrogens is 1. The van der Waals surface area contributed by atoms with E-state index in [9.17, 15) is 9.18 Å². The van der Waals surface area contributed by atoms with Crippen molar-refractivity contribution in [2.45, 2.75) is 25.3 Å². The number of hydrogen-bond donors (Lipinski definition) is 1. The van der Waals surface area contributed by atoms with Gasteiger partial charge in [-0.25, -0.2) is 9.37 Å². The van der Waals surface area contributed by atoms with Crippen LogP contribution in [0.25, 0.3) is 0 Å². The molecule has 1 fully saturated rings. The molecule has 5 heteroatoms. The molecule has 1 aliphatic heterocycles. The van der Waals surface area contributed by atoms with E-state index in [1.54, 1.807) is 18.3 Å². The number of amides is 1. The zero-order valence-electron chi connectivity index (χ0n) is 12.9. The molecule has 1 unspecified atom stereocenters. The molecule has 0 aliphatic carbocycles. The second-order valence-electron chi connectivity index (χ2n) is 5.85. The first-order valence-corrected chi connectivity index (χ1v) is 7.90. The number of piperidine rings is 1. The third-order valence-corrected chi connectivity index (χ3v) is 4.01. The molecule has 0 saturated carbocycles. The number of anilines is 1. The fourth-order valence-electron chi connectivity index (χ4n) is 2.95. The van der Waals surface area contributed by atoms with Gasteiger partial charge in [0.2, 0.25) is 5.91 Å². The van der Waals surface area contributed by atoms with E-state index in [1.165, 1.54) is 12.1 Å². The average Bonchev–Trinajstić information content (AvgIpc) is 2.56. The molecule has 1 atom stereocenters. The summed E-state index contributed by atoms with van der Waals surface area (Å²) in [4.78, 5) is 18.7. The zero-order valence-corrected chi connectivity index (χ0v) is 12.9. The Morgan fingerprint density at radius 1 is 1.30 bits per heavy atom. The molecule has 1 aromatic heterocycles. The monoisotopic (exact) mass is 313 g/mol. The van der Waals surface area contributed by atoms with Crippen molar-refractivity contribution in [1.29, 1.82) is 0 Å². The number of pyridine rings is 1. The summed E-state index contributed by atoms with van der Waals surface area (Å²) in [5.41, 5.74) is 0.694. The van der Waals surface area contributed by atoms with Crippen molar-refractivity contribution in [3.05, 3.63) is 60.0 Å². The molecular formula is C18H20FN3O. The minimum absolute atomic E-state index is 0.0662. The van der Waals surface area contributed by atoms with E-state index in [1.807, 2.05) is 18.2 Å². The summed E-state index contributed by atoms with van der Waals surface area (Å²) < 4.78 is 13.2. The first kappa shape index (κ1) is 15.5. The van der Waals surface area contributed by atoms with E-state index in [0.717, 1.165) is 31.7 Å². The third kappa shape index (κ3) is 4.28. The molecule has 0 bridgehead atoms. The summed E-state index contributed by atoms with van der Waals surface area (Å²) in [5.74, 6) is 0.564. The van der Waals surface area contributed by atoms with Crippen molar-refractivity contribution < 1.29 is 9.18 Å². The van der Waals surface area contributed by atoms with E-state index >= 15 is 0 Å². The van der Waals surface area contributed by atoms with Gasteiger partial charge in [-0.05, 0) is 42.7 Å². The van der Waals surface area contributed by atoms with Gasteiger partial charge in [0.15, 0.2) is 0 Å². The van der Waals surface area contributed by atoms with Crippen molar-refractivity contribution in [2.24, 2.45) is 0 Å². The average molecular weight is 313 g/mol. The molecule has 0 spiro atoms. The zero-order chi connectivity index (χ0) is 16.1. The lowest BCUT2D eigenvalue weighted by molar-refractivity contribution is -0.121. The third-order valence-electron chi connectivity index (χ3n) is 4.01. The predicted molar refractivity (Wildman–Crippen MR) is 87.7 cm³/mol. The molecule has 1 saturated heterocycles. The molecule has 0 radical (unpaired) electrons. The second kappa shape index (κ2) is 7.22. The number of halogens is 1. The van der Waals surface area contributed by atoms with E-state index in [4.69, 9.17) is 0 Å². The molecule has 23 heavy (non-hydrogen) atoms. The highest BCUT2D eigenvalue weighted by Crippen LogP contribution is 2.17. The van der Waals surface area contributed by atoms with E-state index in [2.05, 4.69) is 15.2 Å². The maximum atomic E-state index is 13.2. The van der Waals surface area contributed by atoms with Crippen molar-refractivity contribution >= 4 is 11.7 Å². The van der Waals surface area contributed by atoms with Crippen LogP contribution in [0.2, 0.25) is 0 Å². The highest BCUT2D eigenvalue weighted by atomic mass is 19.1. The normalized spacial score (nSPS) is 17.8. The van der Waals surface area contributed by atoms with Gasteiger partial charge in [-0.15, -0.1) is 0 Å². The van der Waals surface area contributed by atoms with Gasteiger partial charge in [0.05, 0.1) is 6.42 Å². The summed E-state index contributed by atoms with van der Waals surface area (Å²) >= 11 is 0. The Morgan fingerprint density at radius 3 is 3.00 bits per heavy atom. The van der Waals surface area contributed by atoms with Gasteiger partial charge in [-0.3, -0.25) is 4.79 Å². The van der Waals surface area contributed by atoms with Gasteiger partial charge in [0, 0.05) is 25.3 Å². The van der Waals surface area contributed by atoms with E-state index < -0.39 is 0 Å². The summed E-state index contributed by atoms with van der Waals surface area (Å²) in [6, 6.07) is 12.1. The van der Waals surface area contributed by atoms with Crippen LogP contribution in [-0.2, 0) is 11.2 Å². The van der Waals surface area contributed by atoms with Crippen molar-refractivity contribution in [3.63, 3.8) is 0 Å². The van der Waals surface area contributed by atoms with Crippen LogP contribution in [0.15, 0.2) is 48.7 Å². The van der Waals surface area contributed by atoms with Gasteiger partial charge >= 0.3 is 0 Å². The highest BCUT2D eigenvalue weighted by molar-refractivity contribution is 5.79. The van der Waals surface area contributed by atoms with E-state index in [-0.39, 0.29) is 24.2 Å². The van der Waals surface area contributed by atoms with Gasteiger partial charge in [-0.2, -0.15) is 0 Å². The second-order valence-corrected chi connectivity index (χ2v) is 5.85. The number of carbonyl (C=O) groups is 1. The number of nitrogens with zero attached hydrogens (tertiary/aromatic N) is 2. The molecular weight excluding hydrogens is 293 g/mol. The molecule has 2 aromatic rings. The van der Waals surface area contributed by atoms with Crippen molar-refractivity contribution in [1.82, 2.24) is 10.3 Å².